The third-order valence-corrected chi connectivity index (χ3v) is 3.23. The highest BCUT2D eigenvalue weighted by molar-refractivity contribution is 5.56. The predicted octanol–water partition coefficient (Wildman–Crippen LogP) is 2.44. The van der Waals surface area contributed by atoms with Crippen LogP contribution in [0.2, 0.25) is 0 Å². The lowest BCUT2D eigenvalue weighted by molar-refractivity contribution is -0.516. The Morgan fingerprint density at radius 1 is 0.833 bits per heavy atom. The zero-order valence-electron chi connectivity index (χ0n) is 7.97. The van der Waals surface area contributed by atoms with E-state index < -0.39 is 0 Å². The monoisotopic (exact) mass is 166 g/mol. The molecule has 1 unspecified atom stereocenters. The minimum Gasteiger partial charge on any atom is -0.239 e. The van der Waals surface area contributed by atoms with Gasteiger partial charge >= 0.3 is 0 Å². The van der Waals surface area contributed by atoms with Crippen molar-refractivity contribution in [2.24, 2.45) is 5.92 Å². The maximum Gasteiger partial charge on any atom is 0.143 e. The van der Waals surface area contributed by atoms with Crippen LogP contribution in [0.15, 0.2) is 0 Å². The quantitative estimate of drug-likeness (QED) is 0.486. The zero-order chi connectivity index (χ0) is 8.23. The minimum atomic E-state index is 0.933. The van der Waals surface area contributed by atoms with Gasteiger partial charge in [-0.05, 0) is 12.8 Å². The Balaban J connectivity index is 1.92. The zero-order valence-corrected chi connectivity index (χ0v) is 7.97. The summed E-state index contributed by atoms with van der Waals surface area (Å²) in [5.74, 6) is 0.933. The summed E-state index contributed by atoms with van der Waals surface area (Å²) in [5.41, 5.74) is 0. The largest absolute Gasteiger partial charge is 0.239 e. The molecule has 0 aromatic rings. The molecule has 2 rings (SSSR count). The molecule has 0 fully saturated rings. The number of hydrogen-bond acceptors (Lipinski definition) is 0. The summed E-state index contributed by atoms with van der Waals surface area (Å²) in [6.45, 7) is 2.67. The van der Waals surface area contributed by atoms with Crippen molar-refractivity contribution in [1.29, 1.82) is 0 Å². The maximum atomic E-state index is 2.55. The van der Waals surface area contributed by atoms with Crippen LogP contribution in [0.25, 0.3) is 0 Å². The number of hydrogen-bond donors (Lipinski definition) is 0. The highest BCUT2D eigenvalue weighted by Gasteiger charge is 2.21. The fourth-order valence-corrected chi connectivity index (χ4v) is 2.44. The van der Waals surface area contributed by atoms with Crippen LogP contribution >= 0.6 is 0 Å². The van der Waals surface area contributed by atoms with Crippen molar-refractivity contribution in [3.63, 3.8) is 0 Å². The lowest BCUT2D eigenvalue weighted by Gasteiger charge is -2.04. The van der Waals surface area contributed by atoms with Crippen LogP contribution in [0.4, 0.5) is 0 Å². The van der Waals surface area contributed by atoms with E-state index in [-0.39, 0.29) is 0 Å². The third-order valence-electron chi connectivity index (χ3n) is 3.23. The minimum absolute atomic E-state index is 0.933. The van der Waals surface area contributed by atoms with E-state index in [1.54, 1.807) is 0 Å². The molecule has 68 valence electrons. The average molecular weight is 166 g/mol. The van der Waals surface area contributed by atoms with E-state index >= 15 is 0 Å². The Morgan fingerprint density at radius 3 is 2.67 bits per heavy atom. The summed E-state index contributed by atoms with van der Waals surface area (Å²) in [6, 6.07) is 0. The summed E-state index contributed by atoms with van der Waals surface area (Å²) < 4.78 is 2.55. The van der Waals surface area contributed by atoms with Crippen LogP contribution in [0.3, 0.4) is 0 Å². The highest BCUT2D eigenvalue weighted by atomic mass is 15.0. The Morgan fingerprint density at radius 2 is 1.67 bits per heavy atom. The van der Waals surface area contributed by atoms with Crippen molar-refractivity contribution in [3.05, 3.63) is 0 Å². The topological polar surface area (TPSA) is 3.01 Å². The van der Waals surface area contributed by atoms with Crippen molar-refractivity contribution in [2.75, 3.05) is 13.1 Å². The summed E-state index contributed by atoms with van der Waals surface area (Å²) in [5, 5.41) is 0. The summed E-state index contributed by atoms with van der Waals surface area (Å²) in [4.78, 5) is 0. The van der Waals surface area contributed by atoms with Gasteiger partial charge in [-0.2, -0.15) is 0 Å². The van der Waals surface area contributed by atoms with Crippen molar-refractivity contribution in [1.82, 2.24) is 0 Å². The molecule has 2 aliphatic rings. The molecule has 0 aromatic heterocycles. The molecule has 1 nitrogen and oxygen atoms in total. The Bertz CT molecular complexity index is 172. The normalized spacial score (nSPS) is 31.3. The van der Waals surface area contributed by atoms with Crippen LogP contribution in [0.5, 0.6) is 0 Å². The van der Waals surface area contributed by atoms with E-state index in [0.29, 0.717) is 0 Å². The molecule has 0 aromatic carbocycles. The van der Waals surface area contributed by atoms with Gasteiger partial charge < -0.3 is 0 Å². The Hall–Kier alpha value is -0.330. The standard InChI is InChI=1S/C11H20N/c1-2-4-6-11-7-9-12(10-11)8-5-3-1/h10-11H,1-9H2/q+1. The number of rotatable bonds is 0. The first-order valence-electron chi connectivity index (χ1n) is 5.54. The van der Waals surface area contributed by atoms with Crippen LogP contribution in [-0.4, -0.2) is 23.9 Å². The second-order valence-electron chi connectivity index (χ2n) is 4.29. The molecular weight excluding hydrogens is 146 g/mol. The molecule has 2 heterocycles. The maximum absolute atomic E-state index is 2.55. The van der Waals surface area contributed by atoms with Gasteiger partial charge in [0.25, 0.3) is 0 Å². The highest BCUT2D eigenvalue weighted by Crippen LogP contribution is 2.18. The molecule has 0 radical (unpaired) electrons. The van der Waals surface area contributed by atoms with Crippen LogP contribution in [0.1, 0.15) is 44.9 Å². The second kappa shape index (κ2) is 4.06. The molecule has 2 bridgehead atoms. The predicted molar refractivity (Wildman–Crippen MR) is 51.9 cm³/mol. The SMILES string of the molecule is C1=[N+]2CCCCCCCC1CC2. The average Bonchev–Trinajstić information content (AvgIpc) is 2.51. The van der Waals surface area contributed by atoms with E-state index in [9.17, 15) is 0 Å². The third kappa shape index (κ3) is 2.09. The van der Waals surface area contributed by atoms with Crippen LogP contribution < -0.4 is 0 Å². The fourth-order valence-electron chi connectivity index (χ4n) is 2.44. The Kier molecular flexibility index (Phi) is 2.80. The molecule has 0 spiro atoms. The number of fused-ring (bicyclic) bond motifs is 1. The van der Waals surface area contributed by atoms with Gasteiger partial charge in [0.05, 0.1) is 0 Å². The first kappa shape index (κ1) is 8.28. The Labute approximate surface area is 75.5 Å². The van der Waals surface area contributed by atoms with Gasteiger partial charge in [0.1, 0.15) is 19.3 Å². The molecule has 0 amide bonds. The van der Waals surface area contributed by atoms with E-state index in [1.165, 1.54) is 58.0 Å². The summed E-state index contributed by atoms with van der Waals surface area (Å²) >= 11 is 0. The smallest absolute Gasteiger partial charge is 0.143 e. The molecule has 0 saturated carbocycles. The van der Waals surface area contributed by atoms with E-state index in [1.807, 2.05) is 0 Å². The van der Waals surface area contributed by atoms with Crippen LogP contribution in [0, 0.1) is 5.92 Å². The van der Waals surface area contributed by atoms with Crippen molar-refractivity contribution in [3.8, 4) is 0 Å². The molecule has 0 aliphatic carbocycles. The number of nitrogens with zero attached hydrogens (tertiary/aromatic N) is 1. The molecule has 0 saturated heterocycles. The second-order valence-corrected chi connectivity index (χ2v) is 4.29. The molecule has 1 atom stereocenters. The lowest BCUT2D eigenvalue weighted by atomic mass is 10.00. The van der Waals surface area contributed by atoms with Gasteiger partial charge in [0, 0.05) is 18.8 Å². The van der Waals surface area contributed by atoms with Gasteiger partial charge in [-0.25, -0.2) is 4.58 Å². The molecule has 12 heavy (non-hydrogen) atoms. The first-order chi connectivity index (χ1) is 5.95. The van der Waals surface area contributed by atoms with E-state index in [0.717, 1.165) is 5.92 Å². The van der Waals surface area contributed by atoms with Gasteiger partial charge in [-0.1, -0.05) is 19.3 Å². The van der Waals surface area contributed by atoms with Crippen molar-refractivity contribution < 1.29 is 4.58 Å². The van der Waals surface area contributed by atoms with Crippen molar-refractivity contribution in [2.45, 2.75) is 44.9 Å². The van der Waals surface area contributed by atoms with E-state index in [4.69, 9.17) is 0 Å². The van der Waals surface area contributed by atoms with Gasteiger partial charge in [0.15, 0.2) is 0 Å². The molecule has 2 aliphatic heterocycles. The molecular formula is C11H20N+. The summed E-state index contributed by atoms with van der Waals surface area (Å²) in [6.07, 6.45) is 12.7. The summed E-state index contributed by atoms with van der Waals surface area (Å²) in [7, 11) is 0. The molecule has 1 heteroatoms. The molecule has 0 N–H and O–H groups in total. The lowest BCUT2D eigenvalue weighted by Crippen LogP contribution is -2.10. The van der Waals surface area contributed by atoms with E-state index in [2.05, 4.69) is 10.8 Å². The fraction of sp³-hybridized carbons (Fsp3) is 0.909. The van der Waals surface area contributed by atoms with Crippen molar-refractivity contribution >= 4 is 6.21 Å². The first-order valence-corrected chi connectivity index (χ1v) is 5.54. The van der Waals surface area contributed by atoms with Gasteiger partial charge in [0.2, 0.25) is 0 Å². The van der Waals surface area contributed by atoms with Gasteiger partial charge in [-0.3, -0.25) is 0 Å². The van der Waals surface area contributed by atoms with Gasteiger partial charge in [-0.15, -0.1) is 0 Å². The van der Waals surface area contributed by atoms with Crippen LogP contribution in [-0.2, 0) is 0 Å².